The van der Waals surface area contributed by atoms with Crippen molar-refractivity contribution in [2.75, 3.05) is 7.11 Å². The van der Waals surface area contributed by atoms with Gasteiger partial charge in [-0.15, -0.1) is 0 Å². The third kappa shape index (κ3) is 2.87. The molecular weight excluding hydrogens is 300 g/mol. The van der Waals surface area contributed by atoms with E-state index in [9.17, 15) is 4.79 Å². The van der Waals surface area contributed by atoms with Crippen LogP contribution in [0.15, 0.2) is 51.0 Å². The molecule has 0 atom stereocenters. The van der Waals surface area contributed by atoms with Crippen LogP contribution in [0.2, 0.25) is 0 Å². The average Bonchev–Trinajstić information content (AvgIpc) is 2.99. The molecule has 0 amide bonds. The van der Waals surface area contributed by atoms with Gasteiger partial charge in [-0.3, -0.25) is 0 Å². The van der Waals surface area contributed by atoms with Crippen molar-refractivity contribution in [1.29, 1.82) is 0 Å². The van der Waals surface area contributed by atoms with E-state index >= 15 is 0 Å². The molecule has 0 unspecified atom stereocenters. The van der Waals surface area contributed by atoms with Crippen molar-refractivity contribution in [2.45, 2.75) is 24.4 Å². The molecule has 2 aromatic heterocycles. The van der Waals surface area contributed by atoms with Crippen LogP contribution in [0.5, 0.6) is 5.75 Å². The van der Waals surface area contributed by atoms with E-state index < -0.39 is 0 Å². The number of hydrogen-bond acceptors (Lipinski definition) is 5. The Morgan fingerprint density at radius 2 is 2.23 bits per heavy atom. The molecule has 114 valence electrons. The van der Waals surface area contributed by atoms with Crippen LogP contribution in [0.25, 0.3) is 11.0 Å². The lowest BCUT2D eigenvalue weighted by atomic mass is 10.1. The smallest absolute Gasteiger partial charge is 0.336 e. The standard InChI is InChI=1S/C16H16N2O3S/c1-3-18-7-6-17-16(18)22-10-11-8-15(19)21-14-9-12(20-2)4-5-13(11)14/h4-9H,3,10H2,1-2H3. The van der Waals surface area contributed by atoms with E-state index in [0.29, 0.717) is 17.1 Å². The zero-order valence-electron chi connectivity index (χ0n) is 12.4. The summed E-state index contributed by atoms with van der Waals surface area (Å²) in [5.41, 5.74) is 1.13. The number of benzene rings is 1. The number of ether oxygens (including phenoxy) is 1. The monoisotopic (exact) mass is 316 g/mol. The summed E-state index contributed by atoms with van der Waals surface area (Å²) in [6.07, 6.45) is 3.73. The Morgan fingerprint density at radius 3 is 3.00 bits per heavy atom. The number of hydrogen-bond donors (Lipinski definition) is 0. The summed E-state index contributed by atoms with van der Waals surface area (Å²) in [4.78, 5) is 16.1. The van der Waals surface area contributed by atoms with Gasteiger partial charge in [-0.2, -0.15) is 0 Å². The summed E-state index contributed by atoms with van der Waals surface area (Å²) in [6.45, 7) is 2.95. The van der Waals surface area contributed by atoms with Crippen LogP contribution >= 0.6 is 11.8 Å². The first-order valence-electron chi connectivity index (χ1n) is 6.96. The highest BCUT2D eigenvalue weighted by molar-refractivity contribution is 7.98. The lowest BCUT2D eigenvalue weighted by molar-refractivity contribution is 0.414. The largest absolute Gasteiger partial charge is 0.497 e. The van der Waals surface area contributed by atoms with Gasteiger partial charge in [0.15, 0.2) is 5.16 Å². The minimum absolute atomic E-state index is 0.352. The topological polar surface area (TPSA) is 57.3 Å². The number of aryl methyl sites for hydroxylation is 1. The second-order valence-electron chi connectivity index (χ2n) is 4.74. The molecule has 0 aliphatic carbocycles. The van der Waals surface area contributed by atoms with Gasteiger partial charge in [0.1, 0.15) is 11.3 Å². The van der Waals surface area contributed by atoms with Crippen LogP contribution in [0.4, 0.5) is 0 Å². The molecule has 0 aliphatic rings. The lowest BCUT2D eigenvalue weighted by Gasteiger charge is -2.07. The molecule has 0 N–H and O–H groups in total. The Balaban J connectivity index is 1.94. The van der Waals surface area contributed by atoms with Gasteiger partial charge in [-0.1, -0.05) is 11.8 Å². The molecule has 3 rings (SSSR count). The van der Waals surface area contributed by atoms with Gasteiger partial charge in [0.05, 0.1) is 7.11 Å². The van der Waals surface area contributed by atoms with Gasteiger partial charge in [0.25, 0.3) is 0 Å². The van der Waals surface area contributed by atoms with Crippen molar-refractivity contribution in [3.63, 3.8) is 0 Å². The maximum absolute atomic E-state index is 11.8. The van der Waals surface area contributed by atoms with E-state index in [1.807, 2.05) is 18.3 Å². The second-order valence-corrected chi connectivity index (χ2v) is 5.68. The Hall–Kier alpha value is -2.21. The van der Waals surface area contributed by atoms with E-state index in [2.05, 4.69) is 16.5 Å². The highest BCUT2D eigenvalue weighted by Crippen LogP contribution is 2.27. The van der Waals surface area contributed by atoms with E-state index in [1.54, 1.807) is 37.2 Å². The number of rotatable bonds is 5. The van der Waals surface area contributed by atoms with Crippen molar-refractivity contribution < 1.29 is 9.15 Å². The molecule has 2 heterocycles. The molecule has 0 saturated heterocycles. The van der Waals surface area contributed by atoms with Crippen LogP contribution in [0.3, 0.4) is 0 Å². The van der Waals surface area contributed by atoms with E-state index in [0.717, 1.165) is 22.7 Å². The molecule has 6 heteroatoms. The van der Waals surface area contributed by atoms with Crippen LogP contribution in [0.1, 0.15) is 12.5 Å². The number of imidazole rings is 1. The molecule has 1 aromatic carbocycles. The summed E-state index contributed by atoms with van der Waals surface area (Å²) >= 11 is 1.60. The molecule has 0 spiro atoms. The maximum Gasteiger partial charge on any atom is 0.336 e. The molecule has 0 radical (unpaired) electrons. The van der Waals surface area contributed by atoms with Crippen molar-refractivity contribution in [1.82, 2.24) is 9.55 Å². The second kappa shape index (κ2) is 6.27. The van der Waals surface area contributed by atoms with E-state index in [4.69, 9.17) is 9.15 Å². The summed E-state index contributed by atoms with van der Waals surface area (Å²) in [6, 6.07) is 7.06. The summed E-state index contributed by atoms with van der Waals surface area (Å²) in [5, 5.41) is 1.86. The minimum atomic E-state index is -0.352. The van der Waals surface area contributed by atoms with Gasteiger partial charge < -0.3 is 13.7 Å². The first-order chi connectivity index (χ1) is 10.7. The molecule has 22 heavy (non-hydrogen) atoms. The third-order valence-electron chi connectivity index (χ3n) is 3.41. The maximum atomic E-state index is 11.8. The lowest BCUT2D eigenvalue weighted by Crippen LogP contribution is -2.01. The molecule has 0 saturated carbocycles. The summed E-state index contributed by atoms with van der Waals surface area (Å²) < 4.78 is 12.5. The van der Waals surface area contributed by atoms with Gasteiger partial charge in [0, 0.05) is 42.2 Å². The normalized spacial score (nSPS) is 11.0. The Morgan fingerprint density at radius 1 is 1.36 bits per heavy atom. The van der Waals surface area contributed by atoms with Crippen LogP contribution in [-0.4, -0.2) is 16.7 Å². The molecule has 0 aliphatic heterocycles. The molecule has 0 bridgehead atoms. The molecule has 5 nitrogen and oxygen atoms in total. The number of nitrogens with zero attached hydrogens (tertiary/aromatic N) is 2. The van der Waals surface area contributed by atoms with Gasteiger partial charge in [-0.25, -0.2) is 9.78 Å². The fourth-order valence-electron chi connectivity index (χ4n) is 2.28. The highest BCUT2D eigenvalue weighted by Gasteiger charge is 2.09. The molecule has 0 fully saturated rings. The zero-order chi connectivity index (χ0) is 15.5. The number of fused-ring (bicyclic) bond motifs is 1. The average molecular weight is 316 g/mol. The summed E-state index contributed by atoms with van der Waals surface area (Å²) in [7, 11) is 1.59. The predicted molar refractivity (Wildman–Crippen MR) is 86.5 cm³/mol. The predicted octanol–water partition coefficient (Wildman–Crippen LogP) is 3.31. The minimum Gasteiger partial charge on any atom is -0.497 e. The number of aromatic nitrogens is 2. The Labute approximate surface area is 131 Å². The third-order valence-corrected chi connectivity index (χ3v) is 4.47. The quantitative estimate of drug-likeness (QED) is 0.534. The molecular formula is C16H16N2O3S. The van der Waals surface area contributed by atoms with Crippen molar-refractivity contribution >= 4 is 22.7 Å². The van der Waals surface area contributed by atoms with E-state index in [-0.39, 0.29) is 5.63 Å². The zero-order valence-corrected chi connectivity index (χ0v) is 13.2. The SMILES string of the molecule is CCn1ccnc1SCc1cc(=O)oc2cc(OC)ccc12. The fourth-order valence-corrected chi connectivity index (χ4v) is 3.29. The fraction of sp³-hybridized carbons (Fsp3) is 0.250. The van der Waals surface area contributed by atoms with Gasteiger partial charge in [-0.05, 0) is 24.6 Å². The van der Waals surface area contributed by atoms with Crippen LogP contribution in [0, 0.1) is 0 Å². The first-order valence-corrected chi connectivity index (χ1v) is 7.94. The molecule has 3 aromatic rings. The Bertz CT molecular complexity index is 854. The van der Waals surface area contributed by atoms with Gasteiger partial charge >= 0.3 is 5.63 Å². The highest BCUT2D eigenvalue weighted by atomic mass is 32.2. The number of thioether (sulfide) groups is 1. The first kappa shape index (κ1) is 14.7. The summed E-state index contributed by atoms with van der Waals surface area (Å²) in [5.74, 6) is 1.33. The van der Waals surface area contributed by atoms with Crippen LogP contribution in [-0.2, 0) is 12.3 Å². The van der Waals surface area contributed by atoms with Crippen molar-refractivity contribution in [3.8, 4) is 5.75 Å². The van der Waals surface area contributed by atoms with Crippen molar-refractivity contribution in [3.05, 3.63) is 52.6 Å². The van der Waals surface area contributed by atoms with Crippen LogP contribution < -0.4 is 10.4 Å². The van der Waals surface area contributed by atoms with Gasteiger partial charge in [0.2, 0.25) is 0 Å². The number of methoxy groups -OCH3 is 1. The van der Waals surface area contributed by atoms with E-state index in [1.165, 1.54) is 0 Å². The van der Waals surface area contributed by atoms with Crippen molar-refractivity contribution in [2.24, 2.45) is 0 Å². The Kier molecular flexibility index (Phi) is 4.20.